The van der Waals surface area contributed by atoms with E-state index in [2.05, 4.69) is 28.0 Å². The zero-order valence-electron chi connectivity index (χ0n) is 14.7. The lowest BCUT2D eigenvalue weighted by atomic mass is 9.98. The van der Waals surface area contributed by atoms with E-state index in [-0.39, 0.29) is 5.78 Å². The van der Waals surface area contributed by atoms with Gasteiger partial charge in [0, 0.05) is 41.7 Å². The molecule has 2 aliphatic carbocycles. The summed E-state index contributed by atoms with van der Waals surface area (Å²) in [7, 11) is 0. The molecule has 0 saturated heterocycles. The average Bonchev–Trinajstić information content (AvgIpc) is 3.42. The summed E-state index contributed by atoms with van der Waals surface area (Å²) >= 11 is 0. The Balaban J connectivity index is 1.64. The van der Waals surface area contributed by atoms with Crippen LogP contribution in [-0.2, 0) is 6.42 Å². The molecule has 3 aromatic rings. The molecule has 5 rings (SSSR count). The number of aromatic nitrogens is 3. The number of pyridine rings is 1. The molecule has 0 bridgehead atoms. The van der Waals surface area contributed by atoms with Crippen molar-refractivity contribution in [3.8, 4) is 22.4 Å². The SMILES string of the molecule is O=C1CCc2cc(-c3cn(C4CCCC4)nc3-c3ccncc3)ccc21. The Labute approximate surface area is 152 Å². The van der Waals surface area contributed by atoms with E-state index in [0.29, 0.717) is 12.5 Å². The highest BCUT2D eigenvalue weighted by atomic mass is 16.1. The second-order valence-electron chi connectivity index (χ2n) is 7.34. The summed E-state index contributed by atoms with van der Waals surface area (Å²) in [5, 5.41) is 4.97. The molecule has 0 amide bonds. The maximum Gasteiger partial charge on any atom is 0.163 e. The summed E-state index contributed by atoms with van der Waals surface area (Å²) in [5.41, 5.74) is 6.44. The van der Waals surface area contributed by atoms with Crippen LogP contribution < -0.4 is 0 Å². The third-order valence-electron chi connectivity index (χ3n) is 5.72. The molecule has 4 nitrogen and oxygen atoms in total. The summed E-state index contributed by atoms with van der Waals surface area (Å²) in [6, 6.07) is 10.8. The van der Waals surface area contributed by atoms with Gasteiger partial charge in [-0.25, -0.2) is 0 Å². The first-order valence-corrected chi connectivity index (χ1v) is 9.45. The lowest BCUT2D eigenvalue weighted by Gasteiger charge is -2.08. The number of nitrogens with zero attached hydrogens (tertiary/aromatic N) is 3. The van der Waals surface area contributed by atoms with Gasteiger partial charge in [0.2, 0.25) is 0 Å². The topological polar surface area (TPSA) is 47.8 Å². The van der Waals surface area contributed by atoms with Crippen molar-refractivity contribution in [2.45, 2.75) is 44.6 Å². The molecule has 130 valence electrons. The first kappa shape index (κ1) is 15.5. The molecule has 0 radical (unpaired) electrons. The van der Waals surface area contributed by atoms with E-state index in [1.807, 2.05) is 30.6 Å². The minimum atomic E-state index is 0.266. The normalized spacial score (nSPS) is 17.0. The van der Waals surface area contributed by atoms with Gasteiger partial charge < -0.3 is 0 Å². The molecule has 0 atom stereocenters. The molecule has 1 fully saturated rings. The summed E-state index contributed by atoms with van der Waals surface area (Å²) in [5.74, 6) is 0.266. The Kier molecular flexibility index (Phi) is 3.70. The molecular weight excluding hydrogens is 322 g/mol. The van der Waals surface area contributed by atoms with Crippen LogP contribution in [-0.4, -0.2) is 20.5 Å². The fourth-order valence-corrected chi connectivity index (χ4v) is 4.30. The first-order valence-electron chi connectivity index (χ1n) is 9.45. The van der Waals surface area contributed by atoms with Crippen molar-refractivity contribution in [1.29, 1.82) is 0 Å². The second-order valence-corrected chi connectivity index (χ2v) is 7.34. The van der Waals surface area contributed by atoms with Gasteiger partial charge in [-0.1, -0.05) is 31.0 Å². The number of Topliss-reactive ketones (excluding diaryl/α,β-unsaturated/α-hetero) is 1. The van der Waals surface area contributed by atoms with Gasteiger partial charge in [0.1, 0.15) is 5.69 Å². The van der Waals surface area contributed by atoms with Gasteiger partial charge in [0.15, 0.2) is 5.78 Å². The number of carbonyl (C=O) groups is 1. The first-order chi connectivity index (χ1) is 12.8. The van der Waals surface area contributed by atoms with Gasteiger partial charge in [0.25, 0.3) is 0 Å². The number of ketones is 1. The van der Waals surface area contributed by atoms with Gasteiger partial charge >= 0.3 is 0 Å². The third kappa shape index (κ3) is 2.57. The van der Waals surface area contributed by atoms with Crippen LogP contribution in [0.15, 0.2) is 48.9 Å². The van der Waals surface area contributed by atoms with Gasteiger partial charge in [-0.3, -0.25) is 14.5 Å². The molecule has 0 spiro atoms. The van der Waals surface area contributed by atoms with Gasteiger partial charge in [0.05, 0.1) is 6.04 Å². The molecule has 0 N–H and O–H groups in total. The highest BCUT2D eigenvalue weighted by Crippen LogP contribution is 2.37. The molecular formula is C22H21N3O. The minimum Gasteiger partial charge on any atom is -0.294 e. The predicted molar refractivity (Wildman–Crippen MR) is 101 cm³/mol. The van der Waals surface area contributed by atoms with E-state index in [4.69, 9.17) is 5.10 Å². The van der Waals surface area contributed by atoms with Crippen LogP contribution in [0.1, 0.15) is 54.1 Å². The van der Waals surface area contributed by atoms with Crippen molar-refractivity contribution >= 4 is 5.78 Å². The third-order valence-corrected chi connectivity index (χ3v) is 5.72. The second kappa shape index (κ2) is 6.20. The predicted octanol–water partition coefficient (Wildman–Crippen LogP) is 4.86. The van der Waals surface area contributed by atoms with Crippen LogP contribution >= 0.6 is 0 Å². The molecule has 26 heavy (non-hydrogen) atoms. The van der Waals surface area contributed by atoms with E-state index < -0.39 is 0 Å². The highest BCUT2D eigenvalue weighted by Gasteiger charge is 2.23. The maximum absolute atomic E-state index is 12.0. The Bertz CT molecular complexity index is 968. The Morgan fingerprint density at radius 1 is 0.923 bits per heavy atom. The Morgan fingerprint density at radius 2 is 1.73 bits per heavy atom. The van der Waals surface area contributed by atoms with Crippen LogP contribution in [0.3, 0.4) is 0 Å². The van der Waals surface area contributed by atoms with Crippen molar-refractivity contribution in [3.05, 3.63) is 60.0 Å². The zero-order valence-corrected chi connectivity index (χ0v) is 14.7. The van der Waals surface area contributed by atoms with Crippen molar-refractivity contribution in [3.63, 3.8) is 0 Å². The molecule has 2 aliphatic rings. The summed E-state index contributed by atoms with van der Waals surface area (Å²) in [6.45, 7) is 0. The molecule has 0 unspecified atom stereocenters. The number of benzene rings is 1. The smallest absolute Gasteiger partial charge is 0.163 e. The minimum absolute atomic E-state index is 0.266. The van der Waals surface area contributed by atoms with Crippen LogP contribution in [0.25, 0.3) is 22.4 Å². The van der Waals surface area contributed by atoms with Crippen LogP contribution in [0, 0.1) is 0 Å². The number of aryl methyl sites for hydroxylation is 1. The fraction of sp³-hybridized carbons (Fsp3) is 0.318. The Morgan fingerprint density at radius 3 is 2.54 bits per heavy atom. The average molecular weight is 343 g/mol. The van der Waals surface area contributed by atoms with E-state index in [0.717, 1.165) is 34.4 Å². The quantitative estimate of drug-likeness (QED) is 0.682. The number of hydrogen-bond donors (Lipinski definition) is 0. The maximum atomic E-state index is 12.0. The van der Waals surface area contributed by atoms with Gasteiger partial charge in [-0.05, 0) is 42.5 Å². The number of fused-ring (bicyclic) bond motifs is 1. The van der Waals surface area contributed by atoms with Crippen molar-refractivity contribution in [2.24, 2.45) is 0 Å². The van der Waals surface area contributed by atoms with E-state index in [1.54, 1.807) is 0 Å². The highest BCUT2D eigenvalue weighted by molar-refractivity contribution is 6.01. The van der Waals surface area contributed by atoms with Crippen molar-refractivity contribution < 1.29 is 4.79 Å². The monoisotopic (exact) mass is 343 g/mol. The van der Waals surface area contributed by atoms with Crippen molar-refractivity contribution in [2.75, 3.05) is 0 Å². The largest absolute Gasteiger partial charge is 0.294 e. The standard InChI is InChI=1S/C22H21N3O/c26-21-8-6-16-13-17(5-7-19(16)21)20-14-25(18-3-1-2-4-18)24-22(20)15-9-11-23-12-10-15/h5,7,9-14,18H,1-4,6,8H2. The van der Waals surface area contributed by atoms with Crippen LogP contribution in [0.2, 0.25) is 0 Å². The van der Waals surface area contributed by atoms with Crippen LogP contribution in [0.5, 0.6) is 0 Å². The van der Waals surface area contributed by atoms with Gasteiger partial charge in [-0.15, -0.1) is 0 Å². The molecule has 2 aromatic heterocycles. The number of carbonyl (C=O) groups excluding carboxylic acids is 1. The van der Waals surface area contributed by atoms with Crippen LogP contribution in [0.4, 0.5) is 0 Å². The van der Waals surface area contributed by atoms with E-state index in [9.17, 15) is 4.79 Å². The Hall–Kier alpha value is -2.75. The van der Waals surface area contributed by atoms with E-state index >= 15 is 0 Å². The van der Waals surface area contributed by atoms with Gasteiger partial charge in [-0.2, -0.15) is 5.10 Å². The molecule has 0 aliphatic heterocycles. The zero-order chi connectivity index (χ0) is 17.5. The lowest BCUT2D eigenvalue weighted by molar-refractivity contribution is 0.0994. The molecule has 4 heteroatoms. The molecule has 1 aromatic carbocycles. The summed E-state index contributed by atoms with van der Waals surface area (Å²) < 4.78 is 2.16. The number of hydrogen-bond acceptors (Lipinski definition) is 3. The number of rotatable bonds is 3. The van der Waals surface area contributed by atoms with Crippen molar-refractivity contribution in [1.82, 2.24) is 14.8 Å². The molecule has 2 heterocycles. The van der Waals surface area contributed by atoms with E-state index in [1.165, 1.54) is 31.2 Å². The molecule has 1 saturated carbocycles. The summed E-state index contributed by atoms with van der Waals surface area (Å²) in [6.07, 6.45) is 12.3. The lowest BCUT2D eigenvalue weighted by Crippen LogP contribution is -2.04. The summed E-state index contributed by atoms with van der Waals surface area (Å²) in [4.78, 5) is 16.1. The fourth-order valence-electron chi connectivity index (χ4n) is 4.30.